The molecule has 0 aliphatic heterocycles. The van der Waals surface area contributed by atoms with Gasteiger partial charge in [-0.25, -0.2) is 13.3 Å². The van der Waals surface area contributed by atoms with Crippen LogP contribution in [0.1, 0.15) is 62.0 Å². The fourth-order valence-corrected chi connectivity index (χ4v) is 7.46. The number of hydrogen-bond acceptors (Lipinski definition) is 1. The minimum Gasteiger partial charge on any atom is -0.454 e. The summed E-state index contributed by atoms with van der Waals surface area (Å²) < 4.78 is 38.1. The second-order valence-corrected chi connectivity index (χ2v) is 11.8. The van der Waals surface area contributed by atoms with E-state index in [2.05, 4.69) is 24.3 Å². The topological polar surface area (TPSA) is 17.0 Å². The van der Waals surface area contributed by atoms with Crippen molar-refractivity contribution in [2.75, 3.05) is 0 Å². The molecule has 0 saturated heterocycles. The van der Waals surface area contributed by atoms with E-state index < -0.39 is 0 Å². The van der Waals surface area contributed by atoms with Crippen molar-refractivity contribution in [3.8, 4) is 22.4 Å². The molecule has 0 N–H and O–H groups in total. The lowest BCUT2D eigenvalue weighted by Gasteiger charge is -2.39. The molecule has 2 aliphatic rings. The van der Waals surface area contributed by atoms with Gasteiger partial charge in [-0.1, -0.05) is 62.1 Å². The van der Waals surface area contributed by atoms with Gasteiger partial charge in [-0.05, 0) is 72.8 Å². The number of benzene rings is 3. The summed E-state index contributed by atoms with van der Waals surface area (Å²) in [7, 11) is 1.89. The predicted molar refractivity (Wildman–Crippen MR) is 152 cm³/mol. The first-order valence-corrected chi connectivity index (χ1v) is 14.4. The smallest absolute Gasteiger partial charge is 0.219 e. The molecular weight excluding hydrogens is 488 g/mol. The summed E-state index contributed by atoms with van der Waals surface area (Å²) in [6.07, 6.45) is 11.2. The monoisotopic (exact) mass is 522 g/mol. The number of nitrogens with zero attached hydrogens (tertiary/aromatic N) is 1. The molecule has 39 heavy (non-hydrogen) atoms. The molecule has 3 unspecified atom stereocenters. The molecule has 2 aromatic heterocycles. The van der Waals surface area contributed by atoms with Crippen LogP contribution >= 0.6 is 0 Å². The molecule has 3 atom stereocenters. The molecular formula is C35H34F2NO+. The molecule has 2 fully saturated rings. The minimum absolute atomic E-state index is 0.299. The Bertz CT molecular complexity index is 1700. The van der Waals surface area contributed by atoms with Gasteiger partial charge in [0.15, 0.2) is 6.20 Å². The minimum atomic E-state index is -0.306. The van der Waals surface area contributed by atoms with Crippen LogP contribution in [0.3, 0.4) is 0 Å². The fraction of sp³-hybridized carbons (Fsp3) is 0.343. The van der Waals surface area contributed by atoms with Crippen LogP contribution in [0.2, 0.25) is 0 Å². The van der Waals surface area contributed by atoms with Crippen LogP contribution in [0.5, 0.6) is 0 Å². The maximum absolute atomic E-state index is 15.5. The van der Waals surface area contributed by atoms with Gasteiger partial charge < -0.3 is 4.42 Å². The Hall–Kier alpha value is -3.53. The number of fused-ring (bicyclic) bond motifs is 4. The molecule has 0 radical (unpaired) electrons. The molecule has 3 aromatic carbocycles. The Morgan fingerprint density at radius 2 is 1.49 bits per heavy atom. The summed E-state index contributed by atoms with van der Waals surface area (Å²) in [5.74, 6) is 1.79. The zero-order chi connectivity index (χ0) is 26.7. The van der Waals surface area contributed by atoms with Crippen LogP contribution in [-0.2, 0) is 7.05 Å². The Kier molecular flexibility index (Phi) is 6.02. The van der Waals surface area contributed by atoms with Crippen LogP contribution in [-0.4, -0.2) is 0 Å². The lowest BCUT2D eigenvalue weighted by atomic mass is 9.66. The Morgan fingerprint density at radius 1 is 0.769 bits per heavy atom. The molecule has 2 heterocycles. The van der Waals surface area contributed by atoms with E-state index in [-0.39, 0.29) is 11.6 Å². The first-order valence-electron chi connectivity index (χ1n) is 14.4. The zero-order valence-electron chi connectivity index (χ0n) is 22.6. The normalized spacial score (nSPS) is 21.4. The van der Waals surface area contributed by atoms with E-state index in [1.54, 1.807) is 12.3 Å². The van der Waals surface area contributed by atoms with Gasteiger partial charge in [-0.3, -0.25) is 0 Å². The molecule has 4 heteroatoms. The number of furan rings is 1. The third kappa shape index (κ3) is 4.16. The number of aryl methyl sites for hydroxylation is 2. The van der Waals surface area contributed by atoms with Crippen molar-refractivity contribution >= 4 is 21.9 Å². The van der Waals surface area contributed by atoms with Crippen molar-refractivity contribution in [1.29, 1.82) is 0 Å². The Balaban J connectivity index is 1.31. The van der Waals surface area contributed by atoms with E-state index in [4.69, 9.17) is 4.42 Å². The highest BCUT2D eigenvalue weighted by Gasteiger charge is 2.32. The number of rotatable bonds is 3. The molecule has 2 saturated carbocycles. The summed E-state index contributed by atoms with van der Waals surface area (Å²) in [6.45, 7) is 1.99. The zero-order valence-corrected chi connectivity index (χ0v) is 22.6. The SMILES string of the molecule is Cc1ccc2c(oc3c(-c4ccc(C5CCC6CCCCC6C5)cc4)c(F)ccc32)c1-c1cc(F)cc[n+]1C. The van der Waals surface area contributed by atoms with Crippen LogP contribution in [0, 0.1) is 30.4 Å². The van der Waals surface area contributed by atoms with E-state index in [1.165, 1.54) is 68.7 Å². The van der Waals surface area contributed by atoms with Crippen molar-refractivity contribution < 1.29 is 17.8 Å². The van der Waals surface area contributed by atoms with Gasteiger partial charge >= 0.3 is 0 Å². The molecule has 5 aromatic rings. The first kappa shape index (κ1) is 24.5. The van der Waals surface area contributed by atoms with Crippen molar-refractivity contribution in [3.63, 3.8) is 0 Å². The molecule has 198 valence electrons. The fourth-order valence-electron chi connectivity index (χ4n) is 7.46. The van der Waals surface area contributed by atoms with E-state index >= 15 is 4.39 Å². The Labute approximate surface area is 228 Å². The second-order valence-electron chi connectivity index (χ2n) is 11.8. The van der Waals surface area contributed by atoms with Gasteiger partial charge in [-0.2, -0.15) is 0 Å². The molecule has 0 spiro atoms. The number of aromatic nitrogens is 1. The van der Waals surface area contributed by atoms with Crippen LogP contribution in [0.15, 0.2) is 71.3 Å². The average Bonchev–Trinajstić information content (AvgIpc) is 3.32. The van der Waals surface area contributed by atoms with E-state index in [0.29, 0.717) is 22.6 Å². The van der Waals surface area contributed by atoms with Gasteiger partial charge in [0.25, 0.3) is 0 Å². The van der Waals surface area contributed by atoms with Gasteiger partial charge in [0.2, 0.25) is 5.69 Å². The lowest BCUT2D eigenvalue weighted by molar-refractivity contribution is -0.660. The molecule has 0 amide bonds. The standard InChI is InChI=1S/C35H34F2NO/c1-21-7-14-28-29-15-16-30(37)33(35(29)39-34(28)32(21)31-20-27(36)17-18-38(31)2)24-11-8-23(9-12-24)26-13-10-22-5-3-4-6-25(22)19-26/h7-9,11-12,14-18,20,22,25-26H,3-6,10,13,19H2,1-2H3/q+1. The van der Waals surface area contributed by atoms with Gasteiger partial charge in [-0.15, -0.1) is 0 Å². The lowest BCUT2D eigenvalue weighted by Crippen LogP contribution is -2.30. The summed E-state index contributed by atoms with van der Waals surface area (Å²) in [5, 5.41) is 1.76. The highest BCUT2D eigenvalue weighted by Crippen LogP contribution is 2.47. The number of hydrogen-bond donors (Lipinski definition) is 0. The first-order chi connectivity index (χ1) is 19.0. The summed E-state index contributed by atoms with van der Waals surface area (Å²) in [6, 6.07) is 18.9. The third-order valence-corrected chi connectivity index (χ3v) is 9.55. The van der Waals surface area contributed by atoms with Crippen molar-refractivity contribution in [2.24, 2.45) is 18.9 Å². The van der Waals surface area contributed by atoms with Gasteiger partial charge in [0.05, 0.1) is 11.1 Å². The highest BCUT2D eigenvalue weighted by atomic mass is 19.1. The molecule has 7 rings (SSSR count). The number of pyridine rings is 1. The quantitative estimate of drug-likeness (QED) is 0.216. The third-order valence-electron chi connectivity index (χ3n) is 9.55. The Morgan fingerprint density at radius 3 is 2.28 bits per heavy atom. The second kappa shape index (κ2) is 9.59. The molecule has 0 bridgehead atoms. The van der Waals surface area contributed by atoms with Crippen LogP contribution in [0.4, 0.5) is 8.78 Å². The van der Waals surface area contributed by atoms with Gasteiger partial charge in [0.1, 0.15) is 29.8 Å². The van der Waals surface area contributed by atoms with E-state index in [9.17, 15) is 4.39 Å². The number of halogens is 2. The summed E-state index contributed by atoms with van der Waals surface area (Å²) in [4.78, 5) is 0. The summed E-state index contributed by atoms with van der Waals surface area (Å²) >= 11 is 0. The van der Waals surface area contributed by atoms with Gasteiger partial charge in [0, 0.05) is 22.9 Å². The van der Waals surface area contributed by atoms with E-state index in [0.717, 1.165) is 45.0 Å². The van der Waals surface area contributed by atoms with Crippen LogP contribution in [0.25, 0.3) is 44.3 Å². The van der Waals surface area contributed by atoms with E-state index in [1.807, 2.05) is 30.7 Å². The maximum atomic E-state index is 15.5. The van der Waals surface area contributed by atoms with Crippen molar-refractivity contribution in [2.45, 2.75) is 57.8 Å². The largest absolute Gasteiger partial charge is 0.454 e. The summed E-state index contributed by atoms with van der Waals surface area (Å²) in [5.41, 5.74) is 6.38. The maximum Gasteiger partial charge on any atom is 0.219 e. The van der Waals surface area contributed by atoms with Crippen LogP contribution < -0.4 is 4.57 Å². The average molecular weight is 523 g/mol. The molecule has 2 nitrogen and oxygen atoms in total. The van der Waals surface area contributed by atoms with Crippen molar-refractivity contribution in [1.82, 2.24) is 0 Å². The predicted octanol–water partition coefficient (Wildman–Crippen LogP) is 9.41. The molecule has 2 aliphatic carbocycles. The van der Waals surface area contributed by atoms with Crippen molar-refractivity contribution in [3.05, 3.63) is 89.6 Å². The highest BCUT2D eigenvalue weighted by molar-refractivity contribution is 6.13.